The second kappa shape index (κ2) is 20.2. The van der Waals surface area contributed by atoms with E-state index < -0.39 is 131 Å². The van der Waals surface area contributed by atoms with Gasteiger partial charge in [-0.2, -0.15) is 0 Å². The van der Waals surface area contributed by atoms with E-state index in [4.69, 9.17) is 17.2 Å². The highest BCUT2D eigenvalue weighted by atomic mass is 16.6. The van der Waals surface area contributed by atoms with Gasteiger partial charge in [0.2, 0.25) is 35.4 Å². The lowest BCUT2D eigenvalue weighted by Crippen LogP contribution is -2.60. The largest absolute Gasteiger partial charge is 0.502 e. The Morgan fingerprint density at radius 3 is 1.70 bits per heavy atom. The second-order valence-electron chi connectivity index (χ2n) is 12.6. The van der Waals surface area contributed by atoms with Crippen molar-refractivity contribution in [1.82, 2.24) is 26.6 Å². The zero-order valence-electron chi connectivity index (χ0n) is 29.8. The van der Waals surface area contributed by atoms with Crippen molar-refractivity contribution in [3.05, 3.63) is 63.7 Å². The molecule has 56 heavy (non-hydrogen) atoms. The summed E-state index contributed by atoms with van der Waals surface area (Å²) < 4.78 is 0. The number of phenolic OH excluding ortho intramolecular Hbond substituents is 1. The number of para-hydroxylation sites is 1. The summed E-state index contributed by atoms with van der Waals surface area (Å²) in [5.74, 6) is -12.8. The van der Waals surface area contributed by atoms with Crippen LogP contribution in [0.1, 0.15) is 49.0 Å². The van der Waals surface area contributed by atoms with E-state index in [-0.39, 0.29) is 16.8 Å². The maximum atomic E-state index is 13.4. The summed E-state index contributed by atoms with van der Waals surface area (Å²) >= 11 is 0. The van der Waals surface area contributed by atoms with Gasteiger partial charge in [0, 0.05) is 18.2 Å². The number of nitro groups is 1. The number of aliphatic carboxylic acids is 2. The van der Waals surface area contributed by atoms with Crippen LogP contribution in [0.5, 0.6) is 5.75 Å². The summed E-state index contributed by atoms with van der Waals surface area (Å²) in [5.41, 5.74) is 15.7. The number of primary amides is 2. The maximum Gasteiger partial charge on any atom is 0.310 e. The van der Waals surface area contributed by atoms with Crippen LogP contribution in [0.25, 0.3) is 0 Å². The number of nitro benzene ring substituents is 1. The number of benzene rings is 2. The first-order chi connectivity index (χ1) is 26.1. The fourth-order valence-corrected chi connectivity index (χ4v) is 5.01. The molecule has 0 aliphatic heterocycles. The number of rotatable bonds is 21. The molecule has 0 fully saturated rings. The summed E-state index contributed by atoms with van der Waals surface area (Å²) in [7, 11) is 0. The molecule has 0 spiro atoms. The Kier molecular flexibility index (Phi) is 16.2. The third-order valence-corrected chi connectivity index (χ3v) is 7.84. The minimum Gasteiger partial charge on any atom is -0.502 e. The van der Waals surface area contributed by atoms with Crippen molar-refractivity contribution >= 4 is 64.7 Å². The van der Waals surface area contributed by atoms with Gasteiger partial charge in [-0.05, 0) is 29.7 Å². The summed E-state index contributed by atoms with van der Waals surface area (Å²) in [5, 5.41) is 50.7. The molecule has 14 N–H and O–H groups in total. The van der Waals surface area contributed by atoms with Gasteiger partial charge in [0.1, 0.15) is 30.2 Å². The van der Waals surface area contributed by atoms with Gasteiger partial charge in [-0.15, -0.1) is 0 Å². The molecule has 2 aromatic carbocycles. The monoisotopic (exact) mass is 787 g/mol. The highest BCUT2D eigenvalue weighted by molar-refractivity contribution is 6.03. The van der Waals surface area contributed by atoms with E-state index in [1.807, 2.05) is 0 Å². The zero-order chi connectivity index (χ0) is 42.4. The SMILES string of the molecule is CC(C)[C@H](NC(=O)[C@H](CC(=O)O)NC(=O)[C@H](CC(N)=O)NC(=O)c1ccccc1N)C(=O)N[C@@H](CC(=O)O)C(=O)N[C@@H](Cc1ccc(O)c([N+](=O)[O-])c1)C(N)=O. The Hall–Kier alpha value is -7.33. The Bertz CT molecular complexity index is 1890. The van der Waals surface area contributed by atoms with Crippen LogP contribution in [-0.4, -0.2) is 104 Å². The topological polar surface area (TPSA) is 396 Å². The second-order valence-corrected chi connectivity index (χ2v) is 12.6. The summed E-state index contributed by atoms with van der Waals surface area (Å²) in [6.07, 6.45) is -3.38. The Morgan fingerprint density at radius 1 is 0.714 bits per heavy atom. The van der Waals surface area contributed by atoms with E-state index >= 15 is 0 Å². The van der Waals surface area contributed by atoms with Gasteiger partial charge in [0.15, 0.2) is 5.75 Å². The molecule has 0 aliphatic rings. The number of nitrogen functional groups attached to an aromatic ring is 1. The van der Waals surface area contributed by atoms with Crippen molar-refractivity contribution in [3.8, 4) is 5.75 Å². The molecule has 23 nitrogen and oxygen atoms in total. The molecule has 0 radical (unpaired) electrons. The molecular formula is C33H41N9O14. The molecule has 2 rings (SSSR count). The summed E-state index contributed by atoms with van der Waals surface area (Å²) in [6.45, 7) is 2.82. The van der Waals surface area contributed by atoms with E-state index in [1.54, 1.807) is 0 Å². The van der Waals surface area contributed by atoms with Gasteiger partial charge in [0.25, 0.3) is 5.91 Å². The van der Waals surface area contributed by atoms with Gasteiger partial charge >= 0.3 is 17.6 Å². The highest BCUT2D eigenvalue weighted by Crippen LogP contribution is 2.26. The smallest absolute Gasteiger partial charge is 0.310 e. The molecule has 5 atom stereocenters. The normalized spacial score (nSPS) is 13.4. The molecule has 0 unspecified atom stereocenters. The predicted octanol–water partition coefficient (Wildman–Crippen LogP) is -2.87. The van der Waals surface area contributed by atoms with Crippen LogP contribution < -0.4 is 43.8 Å². The van der Waals surface area contributed by atoms with Crippen LogP contribution in [0.2, 0.25) is 0 Å². The number of carboxylic acids is 2. The van der Waals surface area contributed by atoms with Crippen molar-refractivity contribution in [1.29, 1.82) is 0 Å². The molecule has 0 heterocycles. The Balaban J connectivity index is 2.29. The number of anilines is 1. The molecule has 0 bridgehead atoms. The van der Waals surface area contributed by atoms with Crippen LogP contribution in [0, 0.1) is 16.0 Å². The summed E-state index contributed by atoms with van der Waals surface area (Å²) in [4.78, 5) is 124. The average Bonchev–Trinajstić information content (AvgIpc) is 3.09. The minimum atomic E-state index is -1.94. The van der Waals surface area contributed by atoms with Gasteiger partial charge in [-0.3, -0.25) is 53.3 Å². The van der Waals surface area contributed by atoms with Gasteiger partial charge in [-0.25, -0.2) is 0 Å². The number of carboxylic acid groups (broad SMARTS) is 2. The van der Waals surface area contributed by atoms with Crippen molar-refractivity contribution in [2.24, 2.45) is 17.4 Å². The third-order valence-electron chi connectivity index (χ3n) is 7.84. The van der Waals surface area contributed by atoms with Crippen molar-refractivity contribution in [3.63, 3.8) is 0 Å². The van der Waals surface area contributed by atoms with Crippen LogP contribution >= 0.6 is 0 Å². The van der Waals surface area contributed by atoms with Crippen molar-refractivity contribution in [2.75, 3.05) is 5.73 Å². The Labute approximate surface area is 316 Å². The first-order valence-electron chi connectivity index (χ1n) is 16.5. The number of nitrogens with zero attached hydrogens (tertiary/aromatic N) is 1. The molecular weight excluding hydrogens is 746 g/mol. The number of amides is 7. The first-order valence-corrected chi connectivity index (χ1v) is 16.5. The van der Waals surface area contributed by atoms with Crippen LogP contribution in [0.3, 0.4) is 0 Å². The number of carbonyl (C=O) groups is 9. The number of aromatic hydroxyl groups is 1. The van der Waals surface area contributed by atoms with Gasteiger partial charge in [0.05, 0.1) is 29.7 Å². The first kappa shape index (κ1) is 44.8. The van der Waals surface area contributed by atoms with Gasteiger partial charge < -0.3 is 59.1 Å². The third kappa shape index (κ3) is 13.6. The molecule has 2 aromatic rings. The number of hydrogen-bond acceptors (Lipinski definition) is 13. The standard InChI is InChI=1S/C33H41N9O14/c1-14(2)27(33(54)40-20(12-25(45)46)31(52)37-18(28(36)49)9-15-7-8-23(43)22(10-15)42(55)56)41-32(53)21(13-26(47)48)39-30(51)19(11-24(35)44)38-29(50)16-5-3-4-6-17(16)34/h3-8,10,14,18-21,27,43H,9,11-13,34H2,1-2H3,(H2,35,44)(H2,36,49)(H,37,52)(H,38,50)(H,39,51)(H,40,54)(H,41,53)(H,45,46)(H,47,48)/t18-,19-,20-,21-,27-/m0/s1. The van der Waals surface area contributed by atoms with E-state index in [2.05, 4.69) is 26.6 Å². The maximum absolute atomic E-state index is 13.4. The molecule has 302 valence electrons. The molecule has 23 heteroatoms. The number of carbonyl (C=O) groups excluding carboxylic acids is 7. The quantitative estimate of drug-likeness (QED) is 0.0344. The van der Waals surface area contributed by atoms with E-state index in [0.717, 1.165) is 12.1 Å². The zero-order valence-corrected chi connectivity index (χ0v) is 29.8. The van der Waals surface area contributed by atoms with Gasteiger partial charge in [-0.1, -0.05) is 32.0 Å². The van der Waals surface area contributed by atoms with Crippen LogP contribution in [0.15, 0.2) is 42.5 Å². The van der Waals surface area contributed by atoms with E-state index in [1.165, 1.54) is 44.2 Å². The van der Waals surface area contributed by atoms with E-state index in [9.17, 15) is 68.6 Å². The van der Waals surface area contributed by atoms with E-state index in [0.29, 0.717) is 0 Å². The molecule has 0 saturated carbocycles. The molecule has 0 aromatic heterocycles. The minimum absolute atomic E-state index is 0.0162. The molecule has 0 saturated heterocycles. The van der Waals surface area contributed by atoms with Crippen LogP contribution in [-0.2, 0) is 44.8 Å². The average molecular weight is 788 g/mol. The van der Waals surface area contributed by atoms with Crippen LogP contribution in [0.4, 0.5) is 11.4 Å². The predicted molar refractivity (Wildman–Crippen MR) is 191 cm³/mol. The van der Waals surface area contributed by atoms with Crippen molar-refractivity contribution < 1.29 is 63.4 Å². The number of nitrogens with two attached hydrogens (primary N) is 3. The highest BCUT2D eigenvalue weighted by Gasteiger charge is 2.35. The number of nitrogens with one attached hydrogen (secondary N) is 5. The summed E-state index contributed by atoms with van der Waals surface area (Å²) in [6, 6.07) is -0.0230. The fourth-order valence-electron chi connectivity index (χ4n) is 5.01. The molecule has 7 amide bonds. The molecule has 0 aliphatic carbocycles. The van der Waals surface area contributed by atoms with Crippen molar-refractivity contribution in [2.45, 2.75) is 69.7 Å². The lowest BCUT2D eigenvalue weighted by Gasteiger charge is -2.28. The number of hydrogen-bond donors (Lipinski definition) is 11. The fraction of sp³-hybridized carbons (Fsp3) is 0.364. The number of phenols is 1. The lowest BCUT2D eigenvalue weighted by molar-refractivity contribution is -0.385. The Morgan fingerprint density at radius 2 is 1.21 bits per heavy atom. The lowest BCUT2D eigenvalue weighted by atomic mass is 10.0.